The molecular formula is C15H14N4O. The Labute approximate surface area is 116 Å². The third kappa shape index (κ3) is 2.66. The summed E-state index contributed by atoms with van der Waals surface area (Å²) in [7, 11) is 0. The highest BCUT2D eigenvalue weighted by Gasteiger charge is 2.06. The second-order valence-electron chi connectivity index (χ2n) is 4.42. The van der Waals surface area contributed by atoms with Gasteiger partial charge in [0.05, 0.1) is 11.0 Å². The van der Waals surface area contributed by atoms with Crippen LogP contribution in [0.4, 0.5) is 0 Å². The molecule has 1 aromatic carbocycles. The number of fused-ring (bicyclic) bond motifs is 1. The first kappa shape index (κ1) is 12.3. The molecule has 3 aromatic rings. The lowest BCUT2D eigenvalue weighted by molar-refractivity contribution is 0.0949. The van der Waals surface area contributed by atoms with Crippen molar-refractivity contribution < 1.29 is 4.79 Å². The second kappa shape index (κ2) is 5.52. The molecule has 5 heteroatoms. The Morgan fingerprint density at radius 1 is 1.15 bits per heavy atom. The molecule has 0 aliphatic rings. The maximum Gasteiger partial charge on any atom is 0.269 e. The number of imidazole rings is 1. The Morgan fingerprint density at radius 3 is 2.80 bits per heavy atom. The highest BCUT2D eigenvalue weighted by atomic mass is 16.1. The normalized spacial score (nSPS) is 10.6. The number of H-pyrrole nitrogens is 1. The van der Waals surface area contributed by atoms with Crippen molar-refractivity contribution in [1.29, 1.82) is 0 Å². The number of carbonyl (C=O) groups excluding carboxylic acids is 1. The standard InChI is InChI=1S/C15H14N4O/c20-15(13-7-3-4-9-16-13)17-10-8-14-18-11-5-1-2-6-12(11)19-14/h1-7,9H,8,10H2,(H,17,20)(H,18,19). The lowest BCUT2D eigenvalue weighted by Crippen LogP contribution is -2.26. The maximum absolute atomic E-state index is 11.8. The van der Waals surface area contributed by atoms with Gasteiger partial charge in [-0.3, -0.25) is 9.78 Å². The van der Waals surface area contributed by atoms with E-state index in [1.807, 2.05) is 24.3 Å². The minimum Gasteiger partial charge on any atom is -0.350 e. The number of aromatic nitrogens is 3. The largest absolute Gasteiger partial charge is 0.350 e. The molecule has 0 radical (unpaired) electrons. The van der Waals surface area contributed by atoms with Gasteiger partial charge in [-0.25, -0.2) is 4.98 Å². The van der Waals surface area contributed by atoms with Gasteiger partial charge in [0.25, 0.3) is 5.91 Å². The summed E-state index contributed by atoms with van der Waals surface area (Å²) in [5, 5.41) is 2.83. The lowest BCUT2D eigenvalue weighted by Gasteiger charge is -2.02. The van der Waals surface area contributed by atoms with Crippen LogP contribution in [-0.2, 0) is 6.42 Å². The molecule has 3 rings (SSSR count). The molecule has 0 fully saturated rings. The number of benzene rings is 1. The summed E-state index contributed by atoms with van der Waals surface area (Å²) in [6, 6.07) is 13.1. The zero-order chi connectivity index (χ0) is 13.8. The molecule has 0 aliphatic heterocycles. The molecule has 2 heterocycles. The van der Waals surface area contributed by atoms with E-state index in [0.29, 0.717) is 18.7 Å². The summed E-state index contributed by atoms with van der Waals surface area (Å²) in [5.41, 5.74) is 2.38. The van der Waals surface area contributed by atoms with Crippen LogP contribution in [0.2, 0.25) is 0 Å². The summed E-state index contributed by atoms with van der Waals surface area (Å²) in [4.78, 5) is 23.5. The molecule has 20 heavy (non-hydrogen) atoms. The van der Waals surface area contributed by atoms with Crippen LogP contribution in [0.1, 0.15) is 16.3 Å². The Balaban J connectivity index is 1.58. The number of carbonyl (C=O) groups is 1. The highest BCUT2D eigenvalue weighted by molar-refractivity contribution is 5.92. The van der Waals surface area contributed by atoms with Gasteiger partial charge in [0.2, 0.25) is 0 Å². The van der Waals surface area contributed by atoms with Crippen molar-refractivity contribution in [2.45, 2.75) is 6.42 Å². The molecule has 0 saturated carbocycles. The van der Waals surface area contributed by atoms with Crippen molar-refractivity contribution in [2.24, 2.45) is 0 Å². The smallest absolute Gasteiger partial charge is 0.269 e. The first-order chi connectivity index (χ1) is 9.83. The van der Waals surface area contributed by atoms with E-state index >= 15 is 0 Å². The Bertz CT molecular complexity index is 688. The molecule has 2 aromatic heterocycles. The first-order valence-corrected chi connectivity index (χ1v) is 6.46. The summed E-state index contributed by atoms with van der Waals surface area (Å²) < 4.78 is 0. The van der Waals surface area contributed by atoms with Crippen molar-refractivity contribution >= 4 is 16.9 Å². The van der Waals surface area contributed by atoms with E-state index in [1.165, 1.54) is 0 Å². The third-order valence-corrected chi connectivity index (χ3v) is 2.98. The predicted molar refractivity (Wildman–Crippen MR) is 76.4 cm³/mol. The Morgan fingerprint density at radius 2 is 2.00 bits per heavy atom. The van der Waals surface area contributed by atoms with Crippen LogP contribution in [-0.4, -0.2) is 27.4 Å². The average molecular weight is 266 g/mol. The number of nitrogens with one attached hydrogen (secondary N) is 2. The molecule has 0 unspecified atom stereocenters. The Hall–Kier alpha value is -2.69. The van der Waals surface area contributed by atoms with Gasteiger partial charge in [-0.05, 0) is 24.3 Å². The van der Waals surface area contributed by atoms with Gasteiger partial charge in [-0.15, -0.1) is 0 Å². The predicted octanol–water partition coefficient (Wildman–Crippen LogP) is 1.93. The zero-order valence-electron chi connectivity index (χ0n) is 10.8. The van der Waals surface area contributed by atoms with Crippen LogP contribution in [0.25, 0.3) is 11.0 Å². The quantitative estimate of drug-likeness (QED) is 0.758. The van der Waals surface area contributed by atoms with Crippen molar-refractivity contribution in [3.05, 3.63) is 60.2 Å². The van der Waals surface area contributed by atoms with E-state index in [-0.39, 0.29) is 5.91 Å². The molecular weight excluding hydrogens is 252 g/mol. The fourth-order valence-corrected chi connectivity index (χ4v) is 2.01. The zero-order valence-corrected chi connectivity index (χ0v) is 10.8. The summed E-state index contributed by atoms with van der Waals surface area (Å²) in [6.45, 7) is 0.523. The maximum atomic E-state index is 11.8. The van der Waals surface area contributed by atoms with Gasteiger partial charge >= 0.3 is 0 Å². The van der Waals surface area contributed by atoms with Crippen molar-refractivity contribution in [1.82, 2.24) is 20.3 Å². The molecule has 0 bridgehead atoms. The molecule has 0 saturated heterocycles. The molecule has 2 N–H and O–H groups in total. The number of amides is 1. The number of hydrogen-bond acceptors (Lipinski definition) is 3. The number of rotatable bonds is 4. The third-order valence-electron chi connectivity index (χ3n) is 2.98. The topological polar surface area (TPSA) is 70.7 Å². The van der Waals surface area contributed by atoms with E-state index in [9.17, 15) is 4.79 Å². The average Bonchev–Trinajstić information content (AvgIpc) is 2.90. The van der Waals surface area contributed by atoms with Crippen LogP contribution in [0.5, 0.6) is 0 Å². The summed E-state index contributed by atoms with van der Waals surface area (Å²) in [6.07, 6.45) is 2.27. The van der Waals surface area contributed by atoms with Crippen LogP contribution in [0.3, 0.4) is 0 Å². The van der Waals surface area contributed by atoms with Gasteiger partial charge < -0.3 is 10.3 Å². The fourth-order valence-electron chi connectivity index (χ4n) is 2.01. The molecule has 0 aliphatic carbocycles. The van der Waals surface area contributed by atoms with Gasteiger partial charge in [-0.2, -0.15) is 0 Å². The molecule has 0 atom stereocenters. The molecule has 5 nitrogen and oxygen atoms in total. The lowest BCUT2D eigenvalue weighted by atomic mass is 10.3. The van der Waals surface area contributed by atoms with Crippen molar-refractivity contribution in [2.75, 3.05) is 6.54 Å². The minimum atomic E-state index is -0.165. The van der Waals surface area contributed by atoms with Gasteiger partial charge in [0.15, 0.2) is 0 Å². The SMILES string of the molecule is O=C(NCCc1nc2ccccc2[nH]1)c1ccccn1. The second-order valence-corrected chi connectivity index (χ2v) is 4.42. The van der Waals surface area contributed by atoms with E-state index in [0.717, 1.165) is 16.9 Å². The van der Waals surface area contributed by atoms with E-state index in [1.54, 1.807) is 24.4 Å². The number of para-hydroxylation sites is 2. The number of pyridine rings is 1. The van der Waals surface area contributed by atoms with Crippen LogP contribution in [0.15, 0.2) is 48.7 Å². The van der Waals surface area contributed by atoms with Gasteiger partial charge in [-0.1, -0.05) is 18.2 Å². The van der Waals surface area contributed by atoms with Crippen molar-refractivity contribution in [3.63, 3.8) is 0 Å². The van der Waals surface area contributed by atoms with Crippen LogP contribution >= 0.6 is 0 Å². The molecule has 100 valence electrons. The van der Waals surface area contributed by atoms with Crippen LogP contribution < -0.4 is 5.32 Å². The molecule has 1 amide bonds. The van der Waals surface area contributed by atoms with E-state index in [2.05, 4.69) is 20.3 Å². The Kier molecular flexibility index (Phi) is 3.41. The van der Waals surface area contributed by atoms with E-state index < -0.39 is 0 Å². The minimum absolute atomic E-state index is 0.165. The molecule has 0 spiro atoms. The van der Waals surface area contributed by atoms with Crippen LogP contribution in [0, 0.1) is 0 Å². The van der Waals surface area contributed by atoms with E-state index in [4.69, 9.17) is 0 Å². The summed E-state index contributed by atoms with van der Waals surface area (Å²) >= 11 is 0. The van der Waals surface area contributed by atoms with Crippen molar-refractivity contribution in [3.8, 4) is 0 Å². The number of aromatic amines is 1. The number of nitrogens with zero attached hydrogens (tertiary/aromatic N) is 2. The summed E-state index contributed by atoms with van der Waals surface area (Å²) in [5.74, 6) is 0.703. The van der Waals surface area contributed by atoms with Gasteiger partial charge in [0.1, 0.15) is 11.5 Å². The fraction of sp³-hybridized carbons (Fsp3) is 0.133. The monoisotopic (exact) mass is 266 g/mol. The van der Waals surface area contributed by atoms with Gasteiger partial charge in [0, 0.05) is 19.2 Å². The first-order valence-electron chi connectivity index (χ1n) is 6.46. The number of hydrogen-bond donors (Lipinski definition) is 2. The highest BCUT2D eigenvalue weighted by Crippen LogP contribution is 2.10.